The zero-order chi connectivity index (χ0) is 31.8. The van der Waals surface area contributed by atoms with Crippen LogP contribution >= 0.6 is 0 Å². The second kappa shape index (κ2) is 13.1. The Kier molecular flexibility index (Phi) is 9.38. The molecule has 1 amide bonds. The summed E-state index contributed by atoms with van der Waals surface area (Å²) in [5, 5.41) is 22.1. The predicted molar refractivity (Wildman–Crippen MR) is 175 cm³/mol. The average molecular weight is 623 g/mol. The first-order valence-electron chi connectivity index (χ1n) is 17.5. The minimum Gasteiger partial charge on any atom is -0.469 e. The third-order valence-corrected chi connectivity index (χ3v) is 13.1. The Morgan fingerprint density at radius 1 is 1.11 bits per heavy atom. The van der Waals surface area contributed by atoms with E-state index in [1.165, 1.54) is 7.11 Å². The first-order chi connectivity index (χ1) is 21.6. The lowest BCUT2D eigenvalue weighted by Gasteiger charge is -2.64. The fourth-order valence-electron chi connectivity index (χ4n) is 10.7. The molecule has 4 fully saturated rings. The summed E-state index contributed by atoms with van der Waals surface area (Å²) in [5.41, 5.74) is 0.491. The van der Waals surface area contributed by atoms with Crippen molar-refractivity contribution in [3.05, 3.63) is 30.3 Å². The first-order valence-corrected chi connectivity index (χ1v) is 17.5. The molecular formula is C36H54N4O5. The summed E-state index contributed by atoms with van der Waals surface area (Å²) < 4.78 is 11.5. The van der Waals surface area contributed by atoms with Gasteiger partial charge in [0.15, 0.2) is 5.96 Å². The van der Waals surface area contributed by atoms with Gasteiger partial charge in [-0.05, 0) is 111 Å². The van der Waals surface area contributed by atoms with Gasteiger partial charge in [0.25, 0.3) is 0 Å². The molecular weight excluding hydrogens is 568 g/mol. The maximum absolute atomic E-state index is 13.5. The molecule has 0 aromatic heterocycles. The highest BCUT2D eigenvalue weighted by Crippen LogP contribution is 2.69. The number of benzene rings is 1. The lowest BCUT2D eigenvalue weighted by Crippen LogP contribution is -2.63. The Balaban J connectivity index is 1.26. The Morgan fingerprint density at radius 2 is 1.91 bits per heavy atom. The zero-order valence-electron chi connectivity index (χ0n) is 27.6. The molecule has 1 heterocycles. The SMILES string of the molecule is COC(=O)CC[C@@H](C)[C@H]1CC[C@H]2[C@@H]3[C@H](O)C[C@@H]4C[C@H](NC5=NCCCN5)CC[C@]4(C)[C@H]3C[C@H](OC(=O)Nc3ccccc3)[C@]12C. The van der Waals surface area contributed by atoms with E-state index in [1.807, 2.05) is 30.3 Å². The fourth-order valence-corrected chi connectivity index (χ4v) is 10.7. The van der Waals surface area contributed by atoms with Crippen LogP contribution in [-0.4, -0.2) is 61.6 Å². The van der Waals surface area contributed by atoms with Crippen molar-refractivity contribution >= 4 is 23.7 Å². The molecule has 6 rings (SSSR count). The number of carbonyl (C=O) groups is 2. The lowest BCUT2D eigenvalue weighted by atomic mass is 9.43. The van der Waals surface area contributed by atoms with Gasteiger partial charge in [-0.2, -0.15) is 0 Å². The van der Waals surface area contributed by atoms with E-state index in [0.717, 1.165) is 82.5 Å². The van der Waals surface area contributed by atoms with Gasteiger partial charge in [0.1, 0.15) is 6.10 Å². The topological polar surface area (TPSA) is 121 Å². The maximum atomic E-state index is 13.5. The van der Waals surface area contributed by atoms with Crippen molar-refractivity contribution in [2.45, 2.75) is 103 Å². The van der Waals surface area contributed by atoms with Crippen molar-refractivity contribution in [3.63, 3.8) is 0 Å². The molecule has 11 atom stereocenters. The van der Waals surface area contributed by atoms with Gasteiger partial charge in [-0.25, -0.2) is 4.79 Å². The standard InChI is InChI=1S/C36H54N4O5/c1-22(11-14-31(42)44-4)26-12-13-27-32-28(21-30(36(26,27)3)45-34(43)40-24-9-6-5-7-10-24)35(2)16-15-25(19-23(35)20-29(32)41)39-33-37-17-8-18-38-33/h5-7,9-10,22-23,25-30,32,41H,8,11-21H2,1-4H3,(H,40,43)(H2,37,38,39)/t22-,23+,25-,26-,27+,28+,29-,30+,32+,35+,36-/m1/s1. The molecule has 9 nitrogen and oxygen atoms in total. The average Bonchev–Trinajstić information content (AvgIpc) is 3.40. The monoisotopic (exact) mass is 622 g/mol. The number of fused-ring (bicyclic) bond motifs is 5. The number of esters is 1. The van der Waals surface area contributed by atoms with Gasteiger partial charge >= 0.3 is 12.1 Å². The quantitative estimate of drug-likeness (QED) is 0.286. The second-order valence-electron chi connectivity index (χ2n) is 15.2. The highest BCUT2D eigenvalue weighted by Gasteiger charge is 2.67. The molecule has 45 heavy (non-hydrogen) atoms. The third kappa shape index (κ3) is 6.18. The number of rotatable bonds is 7. The molecule has 0 spiro atoms. The minimum atomic E-state index is -0.413. The normalized spacial score (nSPS) is 39.5. The number of aliphatic hydroxyl groups excluding tert-OH is 1. The summed E-state index contributed by atoms with van der Waals surface area (Å²) in [6.07, 6.45) is 7.93. The van der Waals surface area contributed by atoms with Crippen molar-refractivity contribution in [2.75, 3.05) is 25.5 Å². The van der Waals surface area contributed by atoms with E-state index >= 15 is 0 Å². The number of hydrogen-bond acceptors (Lipinski definition) is 8. The van der Waals surface area contributed by atoms with Gasteiger partial charge in [0.05, 0.1) is 13.2 Å². The highest BCUT2D eigenvalue weighted by molar-refractivity contribution is 5.84. The van der Waals surface area contributed by atoms with E-state index < -0.39 is 6.09 Å². The number of carbonyl (C=O) groups excluding carboxylic acids is 2. The molecule has 1 aromatic carbocycles. The van der Waals surface area contributed by atoms with Crippen LogP contribution in [0.25, 0.3) is 0 Å². The first kappa shape index (κ1) is 32.1. The molecule has 9 heteroatoms. The Bertz CT molecular complexity index is 1240. The Labute approximate surface area is 268 Å². The number of aliphatic imine (C=N–C) groups is 1. The molecule has 0 unspecified atom stereocenters. The van der Waals surface area contributed by atoms with Gasteiger partial charge in [-0.15, -0.1) is 0 Å². The Morgan fingerprint density at radius 3 is 2.64 bits per heavy atom. The maximum Gasteiger partial charge on any atom is 0.411 e. The number of ether oxygens (including phenoxy) is 2. The number of methoxy groups -OCH3 is 1. The molecule has 4 N–H and O–H groups in total. The minimum absolute atomic E-state index is 0.0668. The van der Waals surface area contributed by atoms with Crippen LogP contribution in [0.4, 0.5) is 10.5 Å². The van der Waals surface area contributed by atoms with Crippen LogP contribution in [0.2, 0.25) is 0 Å². The summed E-state index contributed by atoms with van der Waals surface area (Å²) >= 11 is 0. The predicted octanol–water partition coefficient (Wildman–Crippen LogP) is 5.74. The van der Waals surface area contributed by atoms with Crippen molar-refractivity contribution in [1.29, 1.82) is 0 Å². The molecule has 1 aromatic rings. The van der Waals surface area contributed by atoms with Crippen LogP contribution in [0.5, 0.6) is 0 Å². The number of nitrogens with one attached hydrogen (secondary N) is 3. The van der Waals surface area contributed by atoms with E-state index in [1.54, 1.807) is 0 Å². The molecule has 0 saturated heterocycles. The van der Waals surface area contributed by atoms with Crippen molar-refractivity contribution in [3.8, 4) is 0 Å². The summed E-state index contributed by atoms with van der Waals surface area (Å²) in [6, 6.07) is 9.83. The number of anilines is 1. The number of guanidine groups is 1. The van der Waals surface area contributed by atoms with E-state index in [4.69, 9.17) is 9.47 Å². The van der Waals surface area contributed by atoms with Gasteiger partial charge < -0.3 is 25.2 Å². The van der Waals surface area contributed by atoms with Gasteiger partial charge in [-0.1, -0.05) is 39.0 Å². The van der Waals surface area contributed by atoms with Crippen LogP contribution in [0.3, 0.4) is 0 Å². The molecule has 0 radical (unpaired) electrons. The highest BCUT2D eigenvalue weighted by atomic mass is 16.6. The van der Waals surface area contributed by atoms with Crippen LogP contribution in [0.15, 0.2) is 35.3 Å². The van der Waals surface area contributed by atoms with E-state index in [-0.39, 0.29) is 58.6 Å². The van der Waals surface area contributed by atoms with Crippen molar-refractivity contribution in [1.82, 2.24) is 10.6 Å². The van der Waals surface area contributed by atoms with Crippen LogP contribution in [0, 0.1) is 46.3 Å². The molecule has 1 aliphatic heterocycles. The fraction of sp³-hybridized carbons (Fsp3) is 0.750. The third-order valence-electron chi connectivity index (χ3n) is 13.1. The summed E-state index contributed by atoms with van der Waals surface area (Å²) in [5.74, 6) is 2.38. The summed E-state index contributed by atoms with van der Waals surface area (Å²) in [6.45, 7) is 8.85. The van der Waals surface area contributed by atoms with E-state index in [0.29, 0.717) is 18.4 Å². The molecule has 248 valence electrons. The Hall–Kier alpha value is -2.81. The molecule has 0 bridgehead atoms. The molecule has 5 aliphatic rings. The molecule has 4 aliphatic carbocycles. The van der Waals surface area contributed by atoms with Crippen molar-refractivity contribution < 1.29 is 24.2 Å². The number of hydrogen-bond donors (Lipinski definition) is 4. The van der Waals surface area contributed by atoms with E-state index in [9.17, 15) is 14.7 Å². The lowest BCUT2D eigenvalue weighted by molar-refractivity contribution is -0.201. The number of para-hydroxylation sites is 1. The number of nitrogens with zero attached hydrogens (tertiary/aromatic N) is 1. The zero-order valence-corrected chi connectivity index (χ0v) is 27.6. The second-order valence-corrected chi connectivity index (χ2v) is 15.2. The van der Waals surface area contributed by atoms with Crippen LogP contribution in [-0.2, 0) is 14.3 Å². The van der Waals surface area contributed by atoms with E-state index in [2.05, 4.69) is 41.7 Å². The largest absolute Gasteiger partial charge is 0.469 e. The van der Waals surface area contributed by atoms with Crippen molar-refractivity contribution in [2.24, 2.45) is 51.3 Å². The number of amides is 1. The number of aliphatic hydroxyl groups is 1. The van der Waals surface area contributed by atoms with Gasteiger partial charge in [-0.3, -0.25) is 15.1 Å². The summed E-state index contributed by atoms with van der Waals surface area (Å²) in [4.78, 5) is 30.2. The van der Waals surface area contributed by atoms with Crippen LogP contribution < -0.4 is 16.0 Å². The van der Waals surface area contributed by atoms with Crippen LogP contribution in [0.1, 0.15) is 85.0 Å². The summed E-state index contributed by atoms with van der Waals surface area (Å²) in [7, 11) is 1.44. The van der Waals surface area contributed by atoms with Gasteiger partial charge in [0, 0.05) is 36.7 Å². The molecule has 4 saturated carbocycles. The van der Waals surface area contributed by atoms with Gasteiger partial charge in [0.2, 0.25) is 0 Å². The smallest absolute Gasteiger partial charge is 0.411 e.